The van der Waals surface area contributed by atoms with Crippen LogP contribution in [0.25, 0.3) is 5.57 Å². The number of benzene rings is 1. The van der Waals surface area contributed by atoms with Crippen molar-refractivity contribution in [1.29, 1.82) is 0 Å². The highest BCUT2D eigenvalue weighted by Gasteiger charge is 2.43. The van der Waals surface area contributed by atoms with Crippen LogP contribution < -0.4 is 10.1 Å². The number of rotatable bonds is 8. The minimum absolute atomic E-state index is 0.0130. The van der Waals surface area contributed by atoms with Crippen LogP contribution in [0.3, 0.4) is 0 Å². The number of nitrogens with zero attached hydrogens (tertiary/aromatic N) is 3. The van der Waals surface area contributed by atoms with Gasteiger partial charge in [-0.25, -0.2) is 15.0 Å². The zero-order chi connectivity index (χ0) is 35.6. The van der Waals surface area contributed by atoms with Crippen molar-refractivity contribution in [3.8, 4) is 5.75 Å². The van der Waals surface area contributed by atoms with Gasteiger partial charge in [0.25, 0.3) is 6.47 Å². The Kier molecular flexibility index (Phi) is 8.45. The molecule has 0 spiro atoms. The summed E-state index contributed by atoms with van der Waals surface area (Å²) < 4.78 is 5.16. The SMILES string of the molecule is CCC1=C(C)C2=NC1=CC1=C(C)C3=C(O)CC(=C4NC(=C(c5ccc(OC=O)cc5)C5=NC(=C2)C(C(C)C)=C5C)[C@@H](C)[C@@H]4CCC(C)=O)C3=N1. The molecule has 50 heavy (non-hydrogen) atoms. The Balaban J connectivity index is 1.56. The van der Waals surface area contributed by atoms with Crippen LogP contribution in [0.5, 0.6) is 5.75 Å². The first-order valence-electron chi connectivity index (χ1n) is 17.6. The average Bonchev–Trinajstić information content (AvgIpc) is 3.83. The summed E-state index contributed by atoms with van der Waals surface area (Å²) in [6, 6.07) is 7.53. The molecule has 1 aliphatic carbocycles. The van der Waals surface area contributed by atoms with Crippen molar-refractivity contribution in [2.24, 2.45) is 32.7 Å². The molecule has 0 saturated carbocycles. The van der Waals surface area contributed by atoms with Gasteiger partial charge in [-0.15, -0.1) is 0 Å². The zero-order valence-electron chi connectivity index (χ0n) is 30.1. The summed E-state index contributed by atoms with van der Waals surface area (Å²) in [5.41, 5.74) is 16.3. The predicted octanol–water partition coefficient (Wildman–Crippen LogP) is 8.75. The van der Waals surface area contributed by atoms with Gasteiger partial charge in [0.1, 0.15) is 17.3 Å². The van der Waals surface area contributed by atoms with Gasteiger partial charge in [-0.05, 0) is 104 Å². The lowest BCUT2D eigenvalue weighted by molar-refractivity contribution is -0.120. The molecule has 0 aromatic heterocycles. The number of aliphatic hydroxyl groups is 1. The maximum atomic E-state index is 12.4. The smallest absolute Gasteiger partial charge is 0.298 e. The molecule has 1 fully saturated rings. The van der Waals surface area contributed by atoms with Crippen molar-refractivity contribution >= 4 is 35.0 Å². The van der Waals surface area contributed by atoms with E-state index in [2.05, 4.69) is 59.0 Å². The first-order chi connectivity index (χ1) is 23.9. The van der Waals surface area contributed by atoms with E-state index in [1.165, 1.54) is 11.1 Å². The molecular weight excluding hydrogens is 624 g/mol. The Morgan fingerprint density at radius 1 is 0.980 bits per heavy atom. The maximum absolute atomic E-state index is 12.4. The maximum Gasteiger partial charge on any atom is 0.298 e. The summed E-state index contributed by atoms with van der Waals surface area (Å²) in [6.45, 7) is 17.1. The monoisotopic (exact) mass is 668 g/mol. The van der Waals surface area contributed by atoms with E-state index in [0.29, 0.717) is 37.2 Å². The second kappa shape index (κ2) is 12.7. The van der Waals surface area contributed by atoms with Crippen LogP contribution >= 0.6 is 0 Å². The molecule has 1 saturated heterocycles. The van der Waals surface area contributed by atoms with E-state index >= 15 is 0 Å². The lowest BCUT2D eigenvalue weighted by Gasteiger charge is -2.19. The summed E-state index contributed by atoms with van der Waals surface area (Å²) in [6.07, 6.45) is 6.48. The molecule has 1 aromatic rings. The van der Waals surface area contributed by atoms with E-state index in [-0.39, 0.29) is 23.5 Å². The van der Waals surface area contributed by atoms with E-state index < -0.39 is 0 Å². The highest BCUT2D eigenvalue weighted by atomic mass is 16.5. The fourth-order valence-corrected chi connectivity index (χ4v) is 8.42. The van der Waals surface area contributed by atoms with Gasteiger partial charge >= 0.3 is 0 Å². The Bertz CT molecular complexity index is 2120. The number of carbonyl (C=O) groups is 2. The molecule has 6 aliphatic rings. The van der Waals surface area contributed by atoms with E-state index in [4.69, 9.17) is 19.7 Å². The molecule has 8 nitrogen and oxygen atoms in total. The first-order valence-corrected chi connectivity index (χ1v) is 17.6. The van der Waals surface area contributed by atoms with Gasteiger partial charge < -0.3 is 20.0 Å². The van der Waals surface area contributed by atoms with Crippen LogP contribution in [0.4, 0.5) is 0 Å². The molecule has 256 valence electrons. The molecule has 0 amide bonds. The van der Waals surface area contributed by atoms with Gasteiger partial charge in [0.05, 0.1) is 34.2 Å². The van der Waals surface area contributed by atoms with Crippen molar-refractivity contribution in [2.75, 3.05) is 0 Å². The summed E-state index contributed by atoms with van der Waals surface area (Å²) >= 11 is 0. The van der Waals surface area contributed by atoms with Crippen molar-refractivity contribution in [1.82, 2.24) is 5.32 Å². The largest absolute Gasteiger partial charge is 0.511 e. The van der Waals surface area contributed by atoms with E-state index in [0.717, 1.165) is 91.0 Å². The zero-order valence-corrected chi connectivity index (χ0v) is 30.1. The normalized spacial score (nSPS) is 22.9. The van der Waals surface area contributed by atoms with Gasteiger partial charge in [-0.1, -0.05) is 39.8 Å². The number of fused-ring (bicyclic) bond motifs is 5. The van der Waals surface area contributed by atoms with E-state index in [1.54, 1.807) is 19.1 Å². The lowest BCUT2D eigenvalue weighted by Crippen LogP contribution is -2.16. The first kappa shape index (κ1) is 33.4. The summed E-state index contributed by atoms with van der Waals surface area (Å²) in [4.78, 5) is 39.3. The van der Waals surface area contributed by atoms with Crippen LogP contribution in [-0.4, -0.2) is 34.5 Å². The third-order valence-corrected chi connectivity index (χ3v) is 10.9. The third kappa shape index (κ3) is 5.32. The van der Waals surface area contributed by atoms with Crippen molar-refractivity contribution in [3.05, 3.63) is 115 Å². The van der Waals surface area contributed by atoms with Crippen molar-refractivity contribution in [3.63, 3.8) is 0 Å². The van der Waals surface area contributed by atoms with Gasteiger partial charge in [-0.2, -0.15) is 0 Å². The number of ether oxygens (including phenoxy) is 1. The number of aliphatic imine (C=N–C) groups is 3. The van der Waals surface area contributed by atoms with Gasteiger partial charge in [0.15, 0.2) is 0 Å². The van der Waals surface area contributed by atoms with Gasteiger partial charge in [-0.3, -0.25) is 4.79 Å². The second-order valence-corrected chi connectivity index (χ2v) is 14.3. The number of hydrogen-bond acceptors (Lipinski definition) is 8. The number of aliphatic hydroxyl groups excluding tert-OH is 1. The molecule has 2 N–H and O–H groups in total. The minimum Gasteiger partial charge on any atom is -0.511 e. The number of carbonyl (C=O) groups excluding carboxylic acids is 2. The Hall–Kier alpha value is -5.11. The summed E-state index contributed by atoms with van der Waals surface area (Å²) in [7, 11) is 0. The molecule has 0 unspecified atom stereocenters. The van der Waals surface area contributed by atoms with Crippen molar-refractivity contribution in [2.45, 2.75) is 81.1 Å². The quantitative estimate of drug-likeness (QED) is 0.269. The molecule has 5 aliphatic heterocycles. The highest BCUT2D eigenvalue weighted by Crippen LogP contribution is 2.49. The van der Waals surface area contributed by atoms with Crippen molar-refractivity contribution < 1.29 is 19.4 Å². The van der Waals surface area contributed by atoms with E-state index in [9.17, 15) is 14.7 Å². The Morgan fingerprint density at radius 3 is 2.38 bits per heavy atom. The number of Topliss-reactive ketones (excluding diaryl/α,β-unsaturated/α-hetero) is 1. The average molecular weight is 669 g/mol. The topological polar surface area (TPSA) is 113 Å². The molecule has 8 bridgehead atoms. The molecular formula is C42H44N4O4. The predicted molar refractivity (Wildman–Crippen MR) is 199 cm³/mol. The number of ketones is 1. The second-order valence-electron chi connectivity index (χ2n) is 14.3. The van der Waals surface area contributed by atoms with Crippen LogP contribution in [0, 0.1) is 17.8 Å². The van der Waals surface area contributed by atoms with Crippen LogP contribution in [0.15, 0.2) is 125 Å². The summed E-state index contributed by atoms with van der Waals surface area (Å²) in [5, 5.41) is 15.3. The number of allylic oxidation sites excluding steroid dienone is 12. The number of nitrogens with one attached hydrogen (secondary N) is 1. The lowest BCUT2D eigenvalue weighted by atomic mass is 9.83. The fourth-order valence-electron chi connectivity index (χ4n) is 8.42. The Labute approximate surface area is 293 Å². The van der Waals surface area contributed by atoms with Crippen LogP contribution in [0.2, 0.25) is 0 Å². The molecule has 7 rings (SSSR count). The van der Waals surface area contributed by atoms with Gasteiger partial charge in [0, 0.05) is 52.8 Å². The fraction of sp³-hybridized carbons (Fsp3) is 0.357. The summed E-state index contributed by atoms with van der Waals surface area (Å²) in [5.74, 6) is 1.08. The van der Waals surface area contributed by atoms with Crippen LogP contribution in [0.1, 0.15) is 86.6 Å². The highest BCUT2D eigenvalue weighted by molar-refractivity contribution is 6.34. The van der Waals surface area contributed by atoms with Crippen LogP contribution in [-0.2, 0) is 9.59 Å². The Morgan fingerprint density at radius 2 is 1.72 bits per heavy atom. The van der Waals surface area contributed by atoms with E-state index in [1.807, 2.05) is 19.1 Å². The molecule has 1 aromatic carbocycles. The molecule has 8 heteroatoms. The third-order valence-electron chi connectivity index (χ3n) is 10.9. The van der Waals surface area contributed by atoms with Gasteiger partial charge in [0.2, 0.25) is 0 Å². The molecule has 0 radical (unpaired) electrons. The standard InChI is InChI=1S/C42H44N4O4/c1-9-28-22(5)31-18-34-36(20(2)3)25(8)40(45-34)38(26-11-13-27(14-12-26)50-19-47)39-23(6)29(15-10-21(4)48)41(46-39)30-16-35(49)37-24(7)32(44-42(30)37)17-33(28)43-31/h11-14,17-20,23,29,46,49H,9-10,15-16H2,1-8H3/t23-,29-/m0/s1. The number of hydrogen-bond donors (Lipinski definition) is 2. The minimum atomic E-state index is -0.0190. The molecule has 2 atom stereocenters. The molecule has 5 heterocycles.